The Morgan fingerprint density at radius 3 is 0.303 bits per heavy atom. The Labute approximate surface area is 705 Å². The van der Waals surface area contributed by atoms with E-state index in [4.69, 9.17) is 0 Å². The van der Waals surface area contributed by atoms with Gasteiger partial charge in [-0.2, -0.15) is 0 Å². The van der Waals surface area contributed by atoms with Crippen molar-refractivity contribution < 1.29 is 92.6 Å². The van der Waals surface area contributed by atoms with Gasteiger partial charge in [0, 0.05) is 48.5 Å². The zero-order valence-electron chi connectivity index (χ0n) is 61.9. The maximum atomic E-state index is 11.2. The van der Waals surface area contributed by atoms with Crippen molar-refractivity contribution in [2.24, 2.45) is 46.6 Å². The van der Waals surface area contributed by atoms with Crippen molar-refractivity contribution >= 4 is 148 Å². The van der Waals surface area contributed by atoms with Crippen molar-refractivity contribution in [2.75, 3.05) is 0 Å². The molecule has 0 bridgehead atoms. The number of rotatable bonds is 9. The van der Waals surface area contributed by atoms with E-state index in [1.165, 1.54) is 54.6 Å². The molecule has 0 aromatic heterocycles. The van der Waals surface area contributed by atoms with Gasteiger partial charge in [-0.1, -0.05) is 379 Å². The SMILES string of the molecule is O=Nc1c([O-])ccc2ccccc12.O=Nc1c([O-])ccc2ccccc12.O=Nc1c([O-])ccc2ccccc12.O=Nc1c([O-])ccc2ccccc12.O=Nc1c([O-])ccc2ccccc12.O=Nc1c([O-])ccc2ccccc12.O=Nc1c([O-])ccc2ccccc12.O=Nc1c([O-])ccc2ccccc12.O=Nc1c([O-])ccc2ccccc12.[Fe+2].[Na+]. The van der Waals surface area contributed by atoms with Gasteiger partial charge in [0.15, 0.2) is 0 Å². The van der Waals surface area contributed by atoms with Gasteiger partial charge in [-0.3, -0.25) is 0 Å². The minimum atomic E-state index is -0.325. The molecule has 0 aliphatic carbocycles. The molecule has 0 N–H and O–H groups in total. The average molecular weight is 1630 g/mol. The minimum absolute atomic E-state index is 0. The molecular formula is C90H54FeN9NaO18-6. The third-order valence-corrected chi connectivity index (χ3v) is 17.6. The molecule has 27 nitrogen and oxygen atoms in total. The summed E-state index contributed by atoms with van der Waals surface area (Å²) in [4.78, 5) is 93.5. The quantitative estimate of drug-likeness (QED) is 0.0956. The van der Waals surface area contributed by atoms with Gasteiger partial charge in [-0.25, -0.2) is 0 Å². The normalized spacial score (nSPS) is 9.98. The Morgan fingerprint density at radius 1 is 0.134 bits per heavy atom. The van der Waals surface area contributed by atoms with Gasteiger partial charge in [0.1, 0.15) is 51.2 Å². The number of benzene rings is 18. The van der Waals surface area contributed by atoms with Gasteiger partial charge in [0.25, 0.3) is 0 Å². The number of hydrogen-bond acceptors (Lipinski definition) is 27. The van der Waals surface area contributed by atoms with Crippen LogP contribution in [0.15, 0.2) is 374 Å². The third-order valence-electron chi connectivity index (χ3n) is 17.6. The van der Waals surface area contributed by atoms with Crippen LogP contribution in [0.2, 0.25) is 0 Å². The molecule has 0 heterocycles. The molecule has 0 aliphatic rings. The largest absolute Gasteiger partial charge is 2.00 e. The predicted octanol–water partition coefficient (Wildman–Crippen LogP) is 17.8. The van der Waals surface area contributed by atoms with Gasteiger partial charge in [0.05, 0.1) is 0 Å². The maximum Gasteiger partial charge on any atom is 2.00 e. The topological polar surface area (TPSA) is 472 Å². The number of nitroso groups, excluding NO2 is 9. The number of hydrogen-bond donors (Lipinski definition) is 0. The number of fused-ring (bicyclic) bond motifs is 9. The van der Waals surface area contributed by atoms with Crippen LogP contribution in [0.25, 0.3) is 97.0 Å². The van der Waals surface area contributed by atoms with E-state index >= 15 is 0 Å². The zero-order chi connectivity index (χ0) is 83.3. The molecule has 0 unspecified atom stereocenters. The molecule has 0 atom stereocenters. The first-order valence-corrected chi connectivity index (χ1v) is 34.6. The van der Waals surface area contributed by atoms with E-state index in [1.54, 1.807) is 164 Å². The monoisotopic (exact) mass is 1630 g/mol. The second kappa shape index (κ2) is 43.6. The molecule has 18 rings (SSSR count). The van der Waals surface area contributed by atoms with Crippen LogP contribution in [0.5, 0.6) is 51.7 Å². The van der Waals surface area contributed by atoms with Crippen molar-refractivity contribution in [2.45, 2.75) is 0 Å². The van der Waals surface area contributed by atoms with Crippen molar-refractivity contribution in [3.05, 3.63) is 372 Å². The molecule has 0 saturated carbocycles. The van der Waals surface area contributed by atoms with Crippen LogP contribution in [0.1, 0.15) is 0 Å². The summed E-state index contributed by atoms with van der Waals surface area (Å²) in [5.41, 5.74) is -0.0158. The Morgan fingerprint density at radius 2 is 0.218 bits per heavy atom. The molecule has 18 aromatic rings. The maximum absolute atomic E-state index is 11.2. The average Bonchev–Trinajstić information content (AvgIpc) is 0.886. The van der Waals surface area contributed by atoms with Crippen LogP contribution < -0.4 is 75.5 Å². The fourth-order valence-corrected chi connectivity index (χ4v) is 12.0. The van der Waals surface area contributed by atoms with Crippen LogP contribution in [-0.4, -0.2) is 0 Å². The fourth-order valence-electron chi connectivity index (χ4n) is 12.0. The fraction of sp³-hybridized carbons (Fsp3) is 0. The standard InChI is InChI=1S/9C10H7NO2.Fe.Na/c9*12-9-6-5-7-3-1-2-4-8(7)10(9)11-13;;/h9*1-6,12H;;/q;;;;;;;;;+2;+1/p-9. The second-order valence-electron chi connectivity index (χ2n) is 24.5. The molecule has 582 valence electrons. The van der Waals surface area contributed by atoms with Gasteiger partial charge in [-0.05, 0) is 95.1 Å². The Hall–Kier alpha value is -15.6. The van der Waals surface area contributed by atoms with E-state index in [0.717, 1.165) is 48.5 Å². The second-order valence-corrected chi connectivity index (χ2v) is 24.5. The minimum Gasteiger partial charge on any atom is -0.871 e. The summed E-state index contributed by atoms with van der Waals surface area (Å²) >= 11 is 0. The summed E-state index contributed by atoms with van der Waals surface area (Å²) in [7, 11) is 0. The van der Waals surface area contributed by atoms with Gasteiger partial charge in [0.2, 0.25) is 0 Å². The van der Waals surface area contributed by atoms with E-state index in [2.05, 4.69) is 46.6 Å². The summed E-state index contributed by atoms with van der Waals surface area (Å²) in [6.45, 7) is 0. The summed E-state index contributed by atoms with van der Waals surface area (Å²) in [6, 6.07) is 92.0. The summed E-state index contributed by atoms with van der Waals surface area (Å²) in [5.74, 6) is -2.93. The smallest absolute Gasteiger partial charge is 0.871 e. The molecule has 0 radical (unpaired) electrons. The van der Waals surface area contributed by atoms with Crippen LogP contribution in [-0.2, 0) is 17.1 Å². The van der Waals surface area contributed by atoms with E-state index in [0.29, 0.717) is 48.5 Å². The molecule has 0 aliphatic heterocycles. The Kier molecular flexibility index (Phi) is 32.6. The van der Waals surface area contributed by atoms with Crippen LogP contribution in [0, 0.1) is 44.2 Å². The molecule has 29 heteroatoms. The van der Waals surface area contributed by atoms with Crippen LogP contribution in [0.4, 0.5) is 51.2 Å². The van der Waals surface area contributed by atoms with Crippen LogP contribution in [0.3, 0.4) is 0 Å². The van der Waals surface area contributed by atoms with E-state index < -0.39 is 0 Å². The van der Waals surface area contributed by atoms with Gasteiger partial charge >= 0.3 is 46.6 Å². The van der Waals surface area contributed by atoms with E-state index in [9.17, 15) is 90.1 Å². The summed E-state index contributed by atoms with van der Waals surface area (Å²) in [5, 5.41) is 138. The van der Waals surface area contributed by atoms with E-state index in [-0.39, 0.29) is 150 Å². The molecule has 0 spiro atoms. The van der Waals surface area contributed by atoms with Crippen molar-refractivity contribution in [3.63, 3.8) is 0 Å². The van der Waals surface area contributed by atoms with E-state index in [1.807, 2.05) is 109 Å². The molecular weight excluding hydrogens is 1570 g/mol. The molecule has 0 amide bonds. The summed E-state index contributed by atoms with van der Waals surface area (Å²) in [6.07, 6.45) is 0. The Bertz CT molecular complexity index is 5480. The zero-order valence-corrected chi connectivity index (χ0v) is 65.0. The van der Waals surface area contributed by atoms with Crippen molar-refractivity contribution in [1.82, 2.24) is 0 Å². The molecule has 18 aromatic carbocycles. The van der Waals surface area contributed by atoms with Crippen molar-refractivity contribution in [3.8, 4) is 51.7 Å². The third kappa shape index (κ3) is 21.6. The molecule has 0 saturated heterocycles. The molecule has 119 heavy (non-hydrogen) atoms. The first-order chi connectivity index (χ1) is 56.9. The predicted molar refractivity (Wildman–Crippen MR) is 440 cm³/mol. The first kappa shape index (κ1) is 89.0. The van der Waals surface area contributed by atoms with Crippen molar-refractivity contribution in [1.29, 1.82) is 0 Å². The Balaban J connectivity index is 0.000000166. The number of nitrogens with zero attached hydrogens (tertiary/aromatic N) is 9. The first-order valence-electron chi connectivity index (χ1n) is 34.6. The van der Waals surface area contributed by atoms with Gasteiger partial charge in [-0.15, -0.1) is 44.2 Å². The molecule has 0 fully saturated rings. The summed E-state index contributed by atoms with van der Waals surface area (Å²) < 4.78 is 0. The van der Waals surface area contributed by atoms with Gasteiger partial charge < -0.3 is 46.0 Å². The van der Waals surface area contributed by atoms with Crippen LogP contribution >= 0.6 is 0 Å².